The smallest absolute Gasteiger partial charge is 0.258 e. The van der Waals surface area contributed by atoms with Gasteiger partial charge in [0.2, 0.25) is 0 Å². The second kappa shape index (κ2) is 3.76. The third-order valence-corrected chi connectivity index (χ3v) is 4.92. The van der Waals surface area contributed by atoms with E-state index in [9.17, 15) is 4.79 Å². The zero-order valence-electron chi connectivity index (χ0n) is 12.4. The zero-order valence-corrected chi connectivity index (χ0v) is 12.4. The number of aryl methyl sites for hydroxylation is 1. The van der Waals surface area contributed by atoms with Crippen molar-refractivity contribution in [2.24, 2.45) is 0 Å². The third-order valence-electron chi connectivity index (χ3n) is 4.92. The molecule has 1 unspecified atom stereocenters. The Morgan fingerprint density at radius 3 is 2.80 bits per heavy atom. The lowest BCUT2D eigenvalue weighted by molar-refractivity contribution is 0.0463. The summed E-state index contributed by atoms with van der Waals surface area (Å²) in [5, 5.41) is 0. The molecule has 0 N–H and O–H groups in total. The molecule has 4 nitrogen and oxygen atoms in total. The van der Waals surface area contributed by atoms with Crippen molar-refractivity contribution in [3.05, 3.63) is 29.3 Å². The molecule has 4 rings (SSSR count). The average molecular weight is 271 g/mol. The van der Waals surface area contributed by atoms with Gasteiger partial charge >= 0.3 is 0 Å². The number of hydrogen-bond donors (Lipinski definition) is 0. The maximum Gasteiger partial charge on any atom is 0.258 e. The van der Waals surface area contributed by atoms with E-state index in [2.05, 4.69) is 47.6 Å². The molecule has 3 aliphatic rings. The van der Waals surface area contributed by atoms with Crippen LogP contribution in [0.3, 0.4) is 0 Å². The third kappa shape index (κ3) is 1.43. The summed E-state index contributed by atoms with van der Waals surface area (Å²) in [5.41, 5.74) is 3.21. The van der Waals surface area contributed by atoms with Crippen LogP contribution >= 0.6 is 0 Å². The van der Waals surface area contributed by atoms with Gasteiger partial charge in [-0.3, -0.25) is 9.69 Å². The summed E-state index contributed by atoms with van der Waals surface area (Å²) in [6.45, 7) is 9.49. The number of benzene rings is 1. The van der Waals surface area contributed by atoms with Crippen molar-refractivity contribution in [1.29, 1.82) is 0 Å². The van der Waals surface area contributed by atoms with Crippen LogP contribution < -0.4 is 4.90 Å². The maximum absolute atomic E-state index is 12.8. The highest BCUT2D eigenvalue weighted by Crippen LogP contribution is 2.42. The summed E-state index contributed by atoms with van der Waals surface area (Å²) in [6, 6.07) is 6.27. The molecule has 0 spiro atoms. The first-order chi connectivity index (χ1) is 9.49. The first-order valence-electron chi connectivity index (χ1n) is 7.44. The number of carbonyl (C=O) groups is 1. The van der Waals surface area contributed by atoms with Gasteiger partial charge in [0.05, 0.1) is 11.3 Å². The van der Waals surface area contributed by atoms with Gasteiger partial charge in [0.1, 0.15) is 0 Å². The molecule has 1 atom stereocenters. The Labute approximate surface area is 120 Å². The summed E-state index contributed by atoms with van der Waals surface area (Å²) in [7, 11) is 0. The number of fused-ring (bicyclic) bond motifs is 2. The zero-order chi connectivity index (χ0) is 14.1. The summed E-state index contributed by atoms with van der Waals surface area (Å²) in [6.07, 6.45) is 1.29. The highest BCUT2D eigenvalue weighted by atomic mass is 16.2. The lowest BCUT2D eigenvalue weighted by atomic mass is 10.0. The highest BCUT2D eigenvalue weighted by Gasteiger charge is 2.53. The monoisotopic (exact) mass is 271 g/mol. The van der Waals surface area contributed by atoms with Crippen LogP contribution in [0.4, 0.5) is 5.69 Å². The van der Waals surface area contributed by atoms with Crippen LogP contribution in [0.2, 0.25) is 0 Å². The summed E-state index contributed by atoms with van der Waals surface area (Å²) >= 11 is 0. The van der Waals surface area contributed by atoms with Gasteiger partial charge in [-0.15, -0.1) is 0 Å². The SMILES string of the molecule is Cc1ccc2c(c1)C(=O)N1CC(C)(C)N3CCCN2C13. The number of amides is 1. The van der Waals surface area contributed by atoms with E-state index in [-0.39, 0.29) is 17.7 Å². The van der Waals surface area contributed by atoms with Crippen LogP contribution in [-0.4, -0.2) is 47.2 Å². The first-order valence-corrected chi connectivity index (χ1v) is 7.44. The van der Waals surface area contributed by atoms with Crippen LogP contribution in [0.25, 0.3) is 0 Å². The number of carbonyl (C=O) groups excluding carboxylic acids is 1. The topological polar surface area (TPSA) is 26.8 Å². The van der Waals surface area contributed by atoms with Crippen LogP contribution in [0.1, 0.15) is 36.2 Å². The highest BCUT2D eigenvalue weighted by molar-refractivity contribution is 6.02. The van der Waals surface area contributed by atoms with Crippen LogP contribution in [0.5, 0.6) is 0 Å². The van der Waals surface area contributed by atoms with E-state index in [0.717, 1.165) is 42.9 Å². The predicted molar refractivity (Wildman–Crippen MR) is 78.8 cm³/mol. The van der Waals surface area contributed by atoms with E-state index in [1.165, 1.54) is 0 Å². The molecule has 20 heavy (non-hydrogen) atoms. The Morgan fingerprint density at radius 2 is 2.00 bits per heavy atom. The van der Waals surface area contributed by atoms with E-state index >= 15 is 0 Å². The molecule has 4 heteroatoms. The van der Waals surface area contributed by atoms with Crippen molar-refractivity contribution in [3.8, 4) is 0 Å². The lowest BCUT2D eigenvalue weighted by Crippen LogP contribution is -2.62. The molecule has 1 amide bonds. The Kier molecular flexibility index (Phi) is 2.29. The number of rotatable bonds is 0. The van der Waals surface area contributed by atoms with Gasteiger partial charge in [-0.2, -0.15) is 0 Å². The number of anilines is 1. The van der Waals surface area contributed by atoms with Crippen LogP contribution in [0, 0.1) is 6.92 Å². The molecule has 3 heterocycles. The van der Waals surface area contributed by atoms with E-state index in [1.807, 2.05) is 6.07 Å². The molecule has 0 aromatic heterocycles. The van der Waals surface area contributed by atoms with Gasteiger partial charge in [-0.05, 0) is 39.3 Å². The fourth-order valence-corrected chi connectivity index (χ4v) is 4.00. The van der Waals surface area contributed by atoms with Crippen molar-refractivity contribution in [1.82, 2.24) is 9.80 Å². The molecular formula is C16H21N3O. The van der Waals surface area contributed by atoms with Crippen LogP contribution in [-0.2, 0) is 0 Å². The van der Waals surface area contributed by atoms with E-state index in [1.54, 1.807) is 0 Å². The molecule has 1 aromatic carbocycles. The molecule has 0 saturated carbocycles. The largest absolute Gasteiger partial charge is 0.338 e. The van der Waals surface area contributed by atoms with E-state index in [0.29, 0.717) is 0 Å². The number of nitrogens with zero attached hydrogens (tertiary/aromatic N) is 3. The molecule has 0 aliphatic carbocycles. The quantitative estimate of drug-likeness (QED) is 0.722. The first kappa shape index (κ1) is 12.2. The second-order valence-corrected chi connectivity index (χ2v) is 6.85. The van der Waals surface area contributed by atoms with Crippen molar-refractivity contribution < 1.29 is 4.79 Å². The van der Waals surface area contributed by atoms with Gasteiger partial charge in [0, 0.05) is 25.2 Å². The number of hydrogen-bond acceptors (Lipinski definition) is 3. The molecular weight excluding hydrogens is 250 g/mol. The van der Waals surface area contributed by atoms with Gasteiger partial charge in [0.15, 0.2) is 6.29 Å². The molecule has 0 bridgehead atoms. The second-order valence-electron chi connectivity index (χ2n) is 6.85. The summed E-state index contributed by atoms with van der Waals surface area (Å²) in [5.74, 6) is 0.197. The molecule has 1 aromatic rings. The van der Waals surface area contributed by atoms with Crippen molar-refractivity contribution >= 4 is 11.6 Å². The maximum atomic E-state index is 12.8. The normalized spacial score (nSPS) is 27.6. The van der Waals surface area contributed by atoms with Gasteiger partial charge in [-0.25, -0.2) is 0 Å². The lowest BCUT2D eigenvalue weighted by Gasteiger charge is -2.49. The minimum Gasteiger partial charge on any atom is -0.338 e. The Morgan fingerprint density at radius 1 is 1.20 bits per heavy atom. The van der Waals surface area contributed by atoms with Crippen molar-refractivity contribution in [3.63, 3.8) is 0 Å². The average Bonchev–Trinajstić information content (AvgIpc) is 2.69. The van der Waals surface area contributed by atoms with Gasteiger partial charge < -0.3 is 9.80 Å². The Balaban J connectivity index is 1.89. The van der Waals surface area contributed by atoms with E-state index in [4.69, 9.17) is 0 Å². The molecule has 2 saturated heterocycles. The molecule has 0 radical (unpaired) electrons. The Hall–Kier alpha value is -1.55. The van der Waals surface area contributed by atoms with Crippen molar-refractivity contribution in [2.75, 3.05) is 24.5 Å². The summed E-state index contributed by atoms with van der Waals surface area (Å²) in [4.78, 5) is 19.8. The summed E-state index contributed by atoms with van der Waals surface area (Å²) < 4.78 is 0. The Bertz CT molecular complexity index is 595. The fraction of sp³-hybridized carbons (Fsp3) is 0.562. The predicted octanol–water partition coefficient (Wildman–Crippen LogP) is 2.04. The van der Waals surface area contributed by atoms with E-state index < -0.39 is 0 Å². The van der Waals surface area contributed by atoms with Gasteiger partial charge in [0.25, 0.3) is 5.91 Å². The molecule has 3 aliphatic heterocycles. The standard InChI is InChI=1S/C16H21N3O/c1-11-5-6-13-12(9-11)14(20)18-10-16(2,3)19-8-4-7-17(13)15(18)19/h5-6,9,15H,4,7-8,10H2,1-3H3. The van der Waals surface area contributed by atoms with Crippen LogP contribution in [0.15, 0.2) is 18.2 Å². The minimum atomic E-state index is 0.0656. The van der Waals surface area contributed by atoms with Crippen molar-refractivity contribution in [2.45, 2.75) is 39.0 Å². The fourth-order valence-electron chi connectivity index (χ4n) is 4.00. The molecule has 106 valence electrons. The van der Waals surface area contributed by atoms with Gasteiger partial charge in [-0.1, -0.05) is 11.6 Å². The molecule has 2 fully saturated rings. The minimum absolute atomic E-state index is 0.0656.